The Labute approximate surface area is 120 Å². The minimum Gasteiger partial charge on any atom is -0.312 e. The van der Waals surface area contributed by atoms with Crippen molar-refractivity contribution in [3.05, 3.63) is 0 Å². The molecule has 0 heterocycles. The molecule has 0 saturated heterocycles. The molecule has 0 radical (unpaired) electrons. The van der Waals surface area contributed by atoms with Crippen molar-refractivity contribution in [3.8, 4) is 0 Å². The molecule has 1 N–H and O–H groups in total. The Morgan fingerprint density at radius 2 is 1.84 bits per heavy atom. The lowest BCUT2D eigenvalue weighted by Crippen LogP contribution is -2.52. The number of hydrogen-bond donors (Lipinski definition) is 1. The van der Waals surface area contributed by atoms with Crippen LogP contribution in [0.3, 0.4) is 0 Å². The summed E-state index contributed by atoms with van der Waals surface area (Å²) in [6, 6.07) is 1.51. The Morgan fingerprint density at radius 3 is 2.53 bits per heavy atom. The van der Waals surface area contributed by atoms with Crippen molar-refractivity contribution in [3.63, 3.8) is 0 Å². The van der Waals surface area contributed by atoms with E-state index in [1.165, 1.54) is 64.5 Å². The van der Waals surface area contributed by atoms with Crippen LogP contribution in [0.5, 0.6) is 0 Å². The molecule has 2 rings (SSSR count). The molecule has 0 aromatic rings. The molecule has 0 spiro atoms. The summed E-state index contributed by atoms with van der Waals surface area (Å²) in [6.07, 6.45) is 11.3. The van der Waals surface area contributed by atoms with Gasteiger partial charge in [-0.15, -0.1) is 0 Å². The fourth-order valence-corrected chi connectivity index (χ4v) is 4.14. The third-order valence-corrected chi connectivity index (χ3v) is 5.32. The lowest BCUT2D eigenvalue weighted by atomic mass is 9.82. The van der Waals surface area contributed by atoms with E-state index in [9.17, 15) is 0 Å². The molecule has 2 fully saturated rings. The number of hydrogen-bond acceptors (Lipinski definition) is 2. The van der Waals surface area contributed by atoms with Gasteiger partial charge in [-0.2, -0.15) is 0 Å². The third kappa shape index (κ3) is 4.46. The van der Waals surface area contributed by atoms with Crippen molar-refractivity contribution in [2.45, 2.75) is 77.3 Å². The molecule has 3 atom stereocenters. The zero-order valence-corrected chi connectivity index (χ0v) is 13.3. The number of rotatable bonds is 6. The second-order valence-electron chi connectivity index (χ2n) is 7.14. The van der Waals surface area contributed by atoms with Crippen LogP contribution in [0.1, 0.15) is 65.2 Å². The van der Waals surface area contributed by atoms with E-state index in [-0.39, 0.29) is 0 Å². The second kappa shape index (κ2) is 7.64. The van der Waals surface area contributed by atoms with Crippen LogP contribution in [0, 0.1) is 11.8 Å². The molecule has 0 bridgehead atoms. The molecule has 19 heavy (non-hydrogen) atoms. The average Bonchev–Trinajstić information content (AvgIpc) is 2.90. The van der Waals surface area contributed by atoms with Crippen molar-refractivity contribution in [1.82, 2.24) is 10.2 Å². The maximum Gasteiger partial charge on any atom is 0.0248 e. The highest BCUT2D eigenvalue weighted by Gasteiger charge is 2.32. The minimum absolute atomic E-state index is 0.738. The van der Waals surface area contributed by atoms with E-state index in [4.69, 9.17) is 0 Å². The van der Waals surface area contributed by atoms with Crippen LogP contribution in [0.15, 0.2) is 0 Å². The summed E-state index contributed by atoms with van der Waals surface area (Å²) < 4.78 is 0. The first kappa shape index (κ1) is 15.3. The summed E-state index contributed by atoms with van der Waals surface area (Å²) in [5.41, 5.74) is 0. The van der Waals surface area contributed by atoms with Crippen molar-refractivity contribution in [2.24, 2.45) is 11.8 Å². The highest BCUT2D eigenvalue weighted by Crippen LogP contribution is 2.30. The summed E-state index contributed by atoms with van der Waals surface area (Å²) >= 11 is 0. The van der Waals surface area contributed by atoms with Gasteiger partial charge in [-0.25, -0.2) is 0 Å². The standard InChI is InChI=1S/C17H34N2/c1-4-11-18-16-10-9-14(2)12-17(16)19(3)13-15-7-5-6-8-15/h14-18H,4-13H2,1-3H3. The maximum atomic E-state index is 3.81. The van der Waals surface area contributed by atoms with Gasteiger partial charge in [0.25, 0.3) is 0 Å². The van der Waals surface area contributed by atoms with Crippen LogP contribution in [0.25, 0.3) is 0 Å². The Bertz CT molecular complexity index is 246. The van der Waals surface area contributed by atoms with E-state index >= 15 is 0 Å². The summed E-state index contributed by atoms with van der Waals surface area (Å²) in [4.78, 5) is 2.69. The molecule has 0 aromatic carbocycles. The Balaban J connectivity index is 1.87. The third-order valence-electron chi connectivity index (χ3n) is 5.32. The minimum atomic E-state index is 0.738. The van der Waals surface area contributed by atoms with Gasteiger partial charge in [0, 0.05) is 18.6 Å². The predicted molar refractivity (Wildman–Crippen MR) is 83.5 cm³/mol. The van der Waals surface area contributed by atoms with Gasteiger partial charge in [-0.3, -0.25) is 0 Å². The molecule has 2 heteroatoms. The Kier molecular flexibility index (Phi) is 6.15. The first-order valence-electron chi connectivity index (χ1n) is 8.64. The van der Waals surface area contributed by atoms with Gasteiger partial charge in [-0.1, -0.05) is 26.7 Å². The van der Waals surface area contributed by atoms with Crippen LogP contribution in [-0.4, -0.2) is 37.1 Å². The summed E-state index contributed by atoms with van der Waals surface area (Å²) in [5.74, 6) is 1.89. The van der Waals surface area contributed by atoms with Crippen molar-refractivity contribution in [2.75, 3.05) is 20.1 Å². The lowest BCUT2D eigenvalue weighted by molar-refractivity contribution is 0.110. The molecule has 0 amide bonds. The largest absolute Gasteiger partial charge is 0.312 e. The van der Waals surface area contributed by atoms with Crippen molar-refractivity contribution < 1.29 is 0 Å². The van der Waals surface area contributed by atoms with Gasteiger partial charge in [-0.05, 0) is 64.0 Å². The topological polar surface area (TPSA) is 15.3 Å². The highest BCUT2D eigenvalue weighted by atomic mass is 15.2. The van der Waals surface area contributed by atoms with E-state index < -0.39 is 0 Å². The fraction of sp³-hybridized carbons (Fsp3) is 1.00. The monoisotopic (exact) mass is 266 g/mol. The molecular weight excluding hydrogens is 232 g/mol. The van der Waals surface area contributed by atoms with Crippen LogP contribution < -0.4 is 5.32 Å². The normalized spacial score (nSPS) is 33.2. The second-order valence-corrected chi connectivity index (χ2v) is 7.14. The fourth-order valence-electron chi connectivity index (χ4n) is 4.14. The summed E-state index contributed by atoms with van der Waals surface area (Å²) in [7, 11) is 2.38. The first-order valence-corrected chi connectivity index (χ1v) is 8.64. The van der Waals surface area contributed by atoms with Crippen LogP contribution in [0.4, 0.5) is 0 Å². The van der Waals surface area contributed by atoms with Crippen LogP contribution >= 0.6 is 0 Å². The Hall–Kier alpha value is -0.0800. The molecule has 2 aliphatic carbocycles. The molecule has 2 saturated carbocycles. The molecule has 2 aliphatic rings. The van der Waals surface area contributed by atoms with Crippen LogP contribution in [0.2, 0.25) is 0 Å². The zero-order valence-electron chi connectivity index (χ0n) is 13.3. The SMILES string of the molecule is CCCNC1CCC(C)CC1N(C)CC1CCCC1. The molecule has 2 nitrogen and oxygen atoms in total. The lowest BCUT2D eigenvalue weighted by Gasteiger charge is -2.41. The van der Waals surface area contributed by atoms with E-state index in [0.29, 0.717) is 0 Å². The van der Waals surface area contributed by atoms with E-state index in [1.807, 2.05) is 0 Å². The van der Waals surface area contributed by atoms with Gasteiger partial charge in [0.05, 0.1) is 0 Å². The summed E-state index contributed by atoms with van der Waals surface area (Å²) in [5, 5.41) is 3.81. The van der Waals surface area contributed by atoms with Gasteiger partial charge in [0.1, 0.15) is 0 Å². The molecular formula is C17H34N2. The predicted octanol–water partition coefficient (Wildman–Crippen LogP) is 3.67. The smallest absolute Gasteiger partial charge is 0.0248 e. The Morgan fingerprint density at radius 1 is 1.11 bits per heavy atom. The van der Waals surface area contributed by atoms with E-state index in [1.54, 1.807) is 0 Å². The molecule has 0 aromatic heterocycles. The summed E-state index contributed by atoms with van der Waals surface area (Å²) in [6.45, 7) is 7.23. The van der Waals surface area contributed by atoms with E-state index in [2.05, 4.69) is 31.1 Å². The van der Waals surface area contributed by atoms with E-state index in [0.717, 1.165) is 23.9 Å². The number of nitrogens with zero attached hydrogens (tertiary/aromatic N) is 1. The quantitative estimate of drug-likeness (QED) is 0.789. The van der Waals surface area contributed by atoms with Crippen LogP contribution in [-0.2, 0) is 0 Å². The van der Waals surface area contributed by atoms with Gasteiger partial charge in [0.15, 0.2) is 0 Å². The first-order chi connectivity index (χ1) is 9.20. The average molecular weight is 266 g/mol. The molecule has 3 unspecified atom stereocenters. The molecule has 112 valence electrons. The number of nitrogens with one attached hydrogen (secondary N) is 1. The van der Waals surface area contributed by atoms with Gasteiger partial charge >= 0.3 is 0 Å². The number of likely N-dealkylation sites (N-methyl/N-ethyl adjacent to an activating group) is 1. The highest BCUT2D eigenvalue weighted by molar-refractivity contribution is 4.90. The maximum absolute atomic E-state index is 3.81. The van der Waals surface area contributed by atoms with Crippen molar-refractivity contribution in [1.29, 1.82) is 0 Å². The molecule has 0 aliphatic heterocycles. The van der Waals surface area contributed by atoms with Gasteiger partial charge in [0.2, 0.25) is 0 Å². The zero-order chi connectivity index (χ0) is 13.7. The van der Waals surface area contributed by atoms with Gasteiger partial charge < -0.3 is 10.2 Å². The van der Waals surface area contributed by atoms with Crippen molar-refractivity contribution >= 4 is 0 Å².